The molecule has 13 heavy (non-hydrogen) atoms. The summed E-state index contributed by atoms with van der Waals surface area (Å²) in [6, 6.07) is 7.96. The van der Waals surface area contributed by atoms with Gasteiger partial charge < -0.3 is 4.90 Å². The fourth-order valence-corrected chi connectivity index (χ4v) is 1.37. The molecule has 1 aromatic rings. The van der Waals surface area contributed by atoms with Crippen molar-refractivity contribution in [3.8, 4) is 6.07 Å². The van der Waals surface area contributed by atoms with E-state index < -0.39 is 0 Å². The molecular weight excluding hydrogens is 160 g/mol. The van der Waals surface area contributed by atoms with Crippen LogP contribution in [0.4, 0.5) is 5.69 Å². The van der Waals surface area contributed by atoms with Crippen LogP contribution in [-0.2, 0) is 6.42 Å². The van der Waals surface area contributed by atoms with Crippen LogP contribution in [0.1, 0.15) is 18.1 Å². The third kappa shape index (κ3) is 2.00. The highest BCUT2D eigenvalue weighted by Gasteiger charge is 2.03. The first-order chi connectivity index (χ1) is 6.19. The maximum atomic E-state index is 8.72. The maximum absolute atomic E-state index is 8.72. The number of hydrogen-bond acceptors (Lipinski definition) is 2. The summed E-state index contributed by atoms with van der Waals surface area (Å²) in [6.45, 7) is 2.10. The summed E-state index contributed by atoms with van der Waals surface area (Å²) in [5.74, 6) is 0. The van der Waals surface area contributed by atoms with E-state index in [-0.39, 0.29) is 0 Å². The molecule has 0 heterocycles. The van der Waals surface area contributed by atoms with E-state index in [9.17, 15) is 0 Å². The Kier molecular flexibility index (Phi) is 2.92. The summed E-state index contributed by atoms with van der Waals surface area (Å²) in [4.78, 5) is 2.07. The Hall–Kier alpha value is -1.49. The summed E-state index contributed by atoms with van der Waals surface area (Å²) in [5, 5.41) is 8.72. The lowest BCUT2D eigenvalue weighted by molar-refractivity contribution is 1.06. The van der Waals surface area contributed by atoms with Gasteiger partial charge in [0.2, 0.25) is 0 Å². The van der Waals surface area contributed by atoms with Crippen LogP contribution in [0.2, 0.25) is 0 Å². The van der Waals surface area contributed by atoms with Crippen LogP contribution in [0.3, 0.4) is 0 Å². The normalized spacial score (nSPS) is 9.38. The van der Waals surface area contributed by atoms with Crippen LogP contribution in [0.25, 0.3) is 0 Å². The van der Waals surface area contributed by atoms with Crippen LogP contribution in [0, 0.1) is 11.3 Å². The standard InChI is InChI=1S/C11H14N2/c1-4-10-7-9(8-12)5-6-11(10)13(2)3/h5-7H,4H2,1-3H3. The predicted octanol–water partition coefficient (Wildman–Crippen LogP) is 2.19. The van der Waals surface area contributed by atoms with Crippen LogP contribution in [0.15, 0.2) is 18.2 Å². The zero-order valence-electron chi connectivity index (χ0n) is 8.33. The second-order valence-corrected chi connectivity index (χ2v) is 3.20. The molecule has 2 nitrogen and oxygen atoms in total. The Labute approximate surface area is 79.4 Å². The molecule has 0 spiro atoms. The smallest absolute Gasteiger partial charge is 0.0991 e. The van der Waals surface area contributed by atoms with Crippen LogP contribution in [0.5, 0.6) is 0 Å². The number of hydrogen-bond donors (Lipinski definition) is 0. The van der Waals surface area contributed by atoms with E-state index in [2.05, 4.69) is 17.9 Å². The minimum Gasteiger partial charge on any atom is -0.377 e. The fraction of sp³-hybridized carbons (Fsp3) is 0.364. The minimum absolute atomic E-state index is 0.738. The topological polar surface area (TPSA) is 27.0 Å². The van der Waals surface area contributed by atoms with Crippen molar-refractivity contribution < 1.29 is 0 Å². The van der Waals surface area contributed by atoms with Crippen molar-refractivity contribution in [3.63, 3.8) is 0 Å². The van der Waals surface area contributed by atoms with Crippen molar-refractivity contribution in [3.05, 3.63) is 29.3 Å². The van der Waals surface area contributed by atoms with E-state index in [4.69, 9.17) is 5.26 Å². The van der Waals surface area contributed by atoms with Gasteiger partial charge in [-0.3, -0.25) is 0 Å². The van der Waals surface area contributed by atoms with Gasteiger partial charge in [-0.2, -0.15) is 5.26 Å². The van der Waals surface area contributed by atoms with Crippen molar-refractivity contribution >= 4 is 5.69 Å². The van der Waals surface area contributed by atoms with Gasteiger partial charge in [-0.05, 0) is 30.2 Å². The lowest BCUT2D eigenvalue weighted by Gasteiger charge is -2.16. The van der Waals surface area contributed by atoms with Crippen molar-refractivity contribution in [2.24, 2.45) is 0 Å². The van der Waals surface area contributed by atoms with Gasteiger partial charge in [-0.1, -0.05) is 6.92 Å². The third-order valence-corrected chi connectivity index (χ3v) is 2.07. The van der Waals surface area contributed by atoms with Gasteiger partial charge in [0.05, 0.1) is 11.6 Å². The zero-order chi connectivity index (χ0) is 9.84. The molecular formula is C11H14N2. The third-order valence-electron chi connectivity index (χ3n) is 2.07. The molecule has 0 fully saturated rings. The van der Waals surface area contributed by atoms with E-state index in [0.717, 1.165) is 12.0 Å². The fourth-order valence-electron chi connectivity index (χ4n) is 1.37. The van der Waals surface area contributed by atoms with Crippen LogP contribution in [-0.4, -0.2) is 14.1 Å². The largest absolute Gasteiger partial charge is 0.377 e. The lowest BCUT2D eigenvalue weighted by Crippen LogP contribution is -2.11. The Morgan fingerprint density at radius 3 is 2.54 bits per heavy atom. The van der Waals surface area contributed by atoms with E-state index in [1.165, 1.54) is 11.3 Å². The first-order valence-corrected chi connectivity index (χ1v) is 4.39. The SMILES string of the molecule is CCc1cc(C#N)ccc1N(C)C. The van der Waals surface area contributed by atoms with E-state index in [0.29, 0.717) is 0 Å². The maximum Gasteiger partial charge on any atom is 0.0991 e. The molecule has 0 saturated heterocycles. The van der Waals surface area contributed by atoms with Gasteiger partial charge in [-0.25, -0.2) is 0 Å². The summed E-state index contributed by atoms with van der Waals surface area (Å²) < 4.78 is 0. The molecule has 0 aliphatic heterocycles. The Morgan fingerprint density at radius 2 is 2.08 bits per heavy atom. The monoisotopic (exact) mass is 174 g/mol. The molecule has 0 aromatic heterocycles. The highest BCUT2D eigenvalue weighted by Crippen LogP contribution is 2.20. The van der Waals surface area contributed by atoms with Crippen molar-refractivity contribution in [1.82, 2.24) is 0 Å². The first-order valence-electron chi connectivity index (χ1n) is 4.39. The second-order valence-electron chi connectivity index (χ2n) is 3.20. The number of nitrogens with zero attached hydrogens (tertiary/aromatic N) is 2. The first kappa shape index (κ1) is 9.60. The molecule has 0 aliphatic carbocycles. The molecule has 0 bridgehead atoms. The Balaban J connectivity index is 3.17. The highest BCUT2D eigenvalue weighted by molar-refractivity contribution is 5.55. The molecule has 0 N–H and O–H groups in total. The second kappa shape index (κ2) is 3.95. The summed E-state index contributed by atoms with van der Waals surface area (Å²) in [6.07, 6.45) is 0.961. The molecule has 0 aliphatic rings. The van der Waals surface area contributed by atoms with Crippen molar-refractivity contribution in [2.75, 3.05) is 19.0 Å². The number of rotatable bonds is 2. The average Bonchev–Trinajstić information content (AvgIpc) is 2.16. The van der Waals surface area contributed by atoms with E-state index in [1.54, 1.807) is 0 Å². The van der Waals surface area contributed by atoms with Gasteiger partial charge in [0.1, 0.15) is 0 Å². The number of nitriles is 1. The molecule has 0 atom stereocenters. The number of benzene rings is 1. The summed E-state index contributed by atoms with van der Waals surface area (Å²) in [5.41, 5.74) is 3.16. The van der Waals surface area contributed by atoms with Crippen molar-refractivity contribution in [2.45, 2.75) is 13.3 Å². The predicted molar refractivity (Wildman–Crippen MR) is 54.9 cm³/mol. The van der Waals surface area contributed by atoms with E-state index >= 15 is 0 Å². The number of aryl methyl sites for hydroxylation is 1. The van der Waals surface area contributed by atoms with Gasteiger partial charge in [0, 0.05) is 19.8 Å². The van der Waals surface area contributed by atoms with Gasteiger partial charge in [-0.15, -0.1) is 0 Å². The summed E-state index contributed by atoms with van der Waals surface area (Å²) >= 11 is 0. The molecule has 1 aromatic carbocycles. The molecule has 0 radical (unpaired) electrons. The molecule has 68 valence electrons. The zero-order valence-corrected chi connectivity index (χ0v) is 8.33. The van der Waals surface area contributed by atoms with Crippen molar-refractivity contribution in [1.29, 1.82) is 5.26 Å². The molecule has 2 heteroatoms. The molecule has 0 saturated carbocycles. The van der Waals surface area contributed by atoms with Crippen LogP contribution < -0.4 is 4.90 Å². The van der Waals surface area contributed by atoms with Crippen LogP contribution >= 0.6 is 0 Å². The summed E-state index contributed by atoms with van der Waals surface area (Å²) in [7, 11) is 4.03. The lowest BCUT2D eigenvalue weighted by atomic mass is 10.1. The highest BCUT2D eigenvalue weighted by atomic mass is 15.1. The quantitative estimate of drug-likeness (QED) is 0.687. The van der Waals surface area contributed by atoms with Gasteiger partial charge >= 0.3 is 0 Å². The number of anilines is 1. The van der Waals surface area contributed by atoms with E-state index in [1.807, 2.05) is 32.3 Å². The van der Waals surface area contributed by atoms with Gasteiger partial charge in [0.25, 0.3) is 0 Å². The minimum atomic E-state index is 0.738. The van der Waals surface area contributed by atoms with Gasteiger partial charge in [0.15, 0.2) is 0 Å². The molecule has 0 unspecified atom stereocenters. The molecule has 0 amide bonds. The average molecular weight is 174 g/mol. The Bertz CT molecular complexity index is 334. The molecule has 1 rings (SSSR count). The Morgan fingerprint density at radius 1 is 1.38 bits per heavy atom.